The number of aldehydes is 1. The van der Waals surface area contributed by atoms with Crippen LogP contribution in [0.15, 0.2) is 18.2 Å². The first-order chi connectivity index (χ1) is 7.83. The molecule has 0 heterocycles. The zero-order valence-electron chi connectivity index (χ0n) is 9.56. The second kappa shape index (κ2) is 6.85. The predicted octanol–water partition coefficient (Wildman–Crippen LogP) is 1.92. The van der Waals surface area contributed by atoms with E-state index in [0.717, 1.165) is 6.29 Å². The first kappa shape index (κ1) is 12.5. The van der Waals surface area contributed by atoms with Gasteiger partial charge in [0.2, 0.25) is 0 Å². The van der Waals surface area contributed by atoms with Gasteiger partial charge in [0, 0.05) is 6.61 Å². The van der Waals surface area contributed by atoms with Gasteiger partial charge in [0.05, 0.1) is 19.3 Å². The normalized spacial score (nSPS) is 9.88. The zero-order valence-corrected chi connectivity index (χ0v) is 9.56. The minimum atomic E-state index is 0.398. The maximum absolute atomic E-state index is 10.8. The molecule has 4 heteroatoms. The molecule has 1 aromatic rings. The van der Waals surface area contributed by atoms with E-state index < -0.39 is 0 Å². The van der Waals surface area contributed by atoms with Crippen molar-refractivity contribution in [2.45, 2.75) is 6.92 Å². The SMILES string of the molecule is CCOCCOc1c(C=O)cccc1OC. The zero-order chi connectivity index (χ0) is 11.8. The highest BCUT2D eigenvalue weighted by Crippen LogP contribution is 2.29. The van der Waals surface area contributed by atoms with Gasteiger partial charge < -0.3 is 14.2 Å². The van der Waals surface area contributed by atoms with E-state index in [1.807, 2.05) is 6.92 Å². The highest BCUT2D eigenvalue weighted by atomic mass is 16.5. The van der Waals surface area contributed by atoms with Crippen LogP contribution in [0, 0.1) is 0 Å². The van der Waals surface area contributed by atoms with Crippen LogP contribution in [-0.2, 0) is 4.74 Å². The van der Waals surface area contributed by atoms with E-state index in [4.69, 9.17) is 14.2 Å². The van der Waals surface area contributed by atoms with Crippen molar-refractivity contribution in [2.24, 2.45) is 0 Å². The molecule has 0 aliphatic rings. The van der Waals surface area contributed by atoms with Crippen molar-refractivity contribution in [1.29, 1.82) is 0 Å². The van der Waals surface area contributed by atoms with E-state index in [-0.39, 0.29) is 0 Å². The molecule has 1 rings (SSSR count). The van der Waals surface area contributed by atoms with Crippen molar-refractivity contribution in [3.8, 4) is 11.5 Å². The molecule has 0 aliphatic heterocycles. The average Bonchev–Trinajstić information content (AvgIpc) is 2.34. The molecule has 0 saturated carbocycles. The van der Waals surface area contributed by atoms with Crippen LogP contribution in [0.1, 0.15) is 17.3 Å². The van der Waals surface area contributed by atoms with Crippen molar-refractivity contribution < 1.29 is 19.0 Å². The van der Waals surface area contributed by atoms with Gasteiger partial charge in [-0.05, 0) is 19.1 Å². The van der Waals surface area contributed by atoms with E-state index in [1.165, 1.54) is 0 Å². The second-order valence-corrected chi connectivity index (χ2v) is 3.04. The van der Waals surface area contributed by atoms with E-state index in [2.05, 4.69) is 0 Å². The van der Waals surface area contributed by atoms with Crippen molar-refractivity contribution in [3.05, 3.63) is 23.8 Å². The van der Waals surface area contributed by atoms with Crippen molar-refractivity contribution in [1.82, 2.24) is 0 Å². The van der Waals surface area contributed by atoms with Crippen molar-refractivity contribution in [3.63, 3.8) is 0 Å². The molecule has 0 aromatic heterocycles. The third-order valence-electron chi connectivity index (χ3n) is 2.03. The summed E-state index contributed by atoms with van der Waals surface area (Å²) in [6.07, 6.45) is 0.749. The lowest BCUT2D eigenvalue weighted by Gasteiger charge is -2.12. The number of hydrogen-bond donors (Lipinski definition) is 0. The molecule has 0 saturated heterocycles. The van der Waals surface area contributed by atoms with E-state index in [9.17, 15) is 4.79 Å². The fraction of sp³-hybridized carbons (Fsp3) is 0.417. The number of carbonyl (C=O) groups is 1. The Kier molecular flexibility index (Phi) is 5.36. The van der Waals surface area contributed by atoms with Crippen molar-refractivity contribution in [2.75, 3.05) is 26.9 Å². The molecule has 0 aliphatic carbocycles. The number of ether oxygens (including phenoxy) is 3. The Labute approximate surface area is 95.1 Å². The maximum atomic E-state index is 10.8. The van der Waals surface area contributed by atoms with Gasteiger partial charge in [0.1, 0.15) is 6.61 Å². The van der Waals surface area contributed by atoms with Crippen LogP contribution in [0.25, 0.3) is 0 Å². The summed E-state index contributed by atoms with van der Waals surface area (Å²) in [7, 11) is 1.54. The largest absolute Gasteiger partial charge is 0.493 e. The van der Waals surface area contributed by atoms with Crippen LogP contribution in [0.5, 0.6) is 11.5 Å². The third-order valence-corrected chi connectivity index (χ3v) is 2.03. The first-order valence-corrected chi connectivity index (χ1v) is 5.16. The lowest BCUT2D eigenvalue weighted by Crippen LogP contribution is -2.08. The fourth-order valence-corrected chi connectivity index (χ4v) is 1.29. The summed E-state index contributed by atoms with van der Waals surface area (Å²) in [5, 5.41) is 0. The Bertz CT molecular complexity index is 336. The Morgan fingerprint density at radius 1 is 1.31 bits per heavy atom. The van der Waals surface area contributed by atoms with Gasteiger partial charge in [-0.2, -0.15) is 0 Å². The molecule has 4 nitrogen and oxygen atoms in total. The molecule has 0 spiro atoms. The fourth-order valence-electron chi connectivity index (χ4n) is 1.29. The summed E-state index contributed by atoms with van der Waals surface area (Å²) in [6.45, 7) is 3.46. The molecule has 0 amide bonds. The molecular formula is C12H16O4. The summed E-state index contributed by atoms with van der Waals surface area (Å²) >= 11 is 0. The van der Waals surface area contributed by atoms with Crippen LogP contribution < -0.4 is 9.47 Å². The van der Waals surface area contributed by atoms with Gasteiger partial charge in [0.15, 0.2) is 17.8 Å². The molecule has 16 heavy (non-hydrogen) atoms. The van der Waals surface area contributed by atoms with Crippen molar-refractivity contribution >= 4 is 6.29 Å². The van der Waals surface area contributed by atoms with Gasteiger partial charge in [-0.25, -0.2) is 0 Å². The van der Waals surface area contributed by atoms with Crippen LogP contribution >= 0.6 is 0 Å². The topological polar surface area (TPSA) is 44.8 Å². The van der Waals surface area contributed by atoms with Gasteiger partial charge in [0.25, 0.3) is 0 Å². The van der Waals surface area contributed by atoms with Crippen LogP contribution in [0.2, 0.25) is 0 Å². The maximum Gasteiger partial charge on any atom is 0.171 e. The first-order valence-electron chi connectivity index (χ1n) is 5.16. The number of carbonyl (C=O) groups excluding carboxylic acids is 1. The minimum Gasteiger partial charge on any atom is -0.493 e. The molecule has 1 aromatic carbocycles. The molecule has 0 fully saturated rings. The molecule has 0 unspecified atom stereocenters. The van der Waals surface area contributed by atoms with Gasteiger partial charge >= 0.3 is 0 Å². The highest BCUT2D eigenvalue weighted by Gasteiger charge is 2.09. The molecule has 0 N–H and O–H groups in total. The summed E-state index contributed by atoms with van der Waals surface area (Å²) in [5.74, 6) is 1.03. The molecule has 0 bridgehead atoms. The Morgan fingerprint density at radius 2 is 2.12 bits per heavy atom. The quantitative estimate of drug-likeness (QED) is 0.524. The summed E-state index contributed by atoms with van der Waals surface area (Å²) in [5.41, 5.74) is 0.482. The monoisotopic (exact) mass is 224 g/mol. The van der Waals surface area contributed by atoms with Gasteiger partial charge in [-0.3, -0.25) is 4.79 Å². The number of hydrogen-bond acceptors (Lipinski definition) is 4. The molecular weight excluding hydrogens is 208 g/mol. The number of methoxy groups -OCH3 is 1. The Balaban J connectivity index is 2.71. The summed E-state index contributed by atoms with van der Waals surface area (Å²) < 4.78 is 15.7. The van der Waals surface area contributed by atoms with E-state index in [0.29, 0.717) is 36.9 Å². The standard InChI is InChI=1S/C12H16O4/c1-3-15-7-8-16-12-10(9-13)5-4-6-11(12)14-2/h4-6,9H,3,7-8H2,1-2H3. The average molecular weight is 224 g/mol. The van der Waals surface area contributed by atoms with Crippen LogP contribution in [0.3, 0.4) is 0 Å². The van der Waals surface area contributed by atoms with Crippen LogP contribution in [0.4, 0.5) is 0 Å². The number of rotatable bonds is 7. The second-order valence-electron chi connectivity index (χ2n) is 3.04. The smallest absolute Gasteiger partial charge is 0.171 e. The lowest BCUT2D eigenvalue weighted by atomic mass is 10.2. The minimum absolute atomic E-state index is 0.398. The van der Waals surface area contributed by atoms with E-state index in [1.54, 1.807) is 25.3 Å². The van der Waals surface area contributed by atoms with E-state index >= 15 is 0 Å². The van der Waals surface area contributed by atoms with Crippen LogP contribution in [-0.4, -0.2) is 33.2 Å². The number of benzene rings is 1. The predicted molar refractivity (Wildman–Crippen MR) is 60.4 cm³/mol. The Morgan fingerprint density at radius 3 is 2.75 bits per heavy atom. The third kappa shape index (κ3) is 3.24. The van der Waals surface area contributed by atoms with Gasteiger partial charge in [-0.1, -0.05) is 6.07 Å². The highest BCUT2D eigenvalue weighted by molar-refractivity contribution is 5.81. The molecule has 0 radical (unpaired) electrons. The lowest BCUT2D eigenvalue weighted by molar-refractivity contribution is 0.105. The summed E-state index contributed by atoms with van der Waals surface area (Å²) in [6, 6.07) is 5.19. The Hall–Kier alpha value is -1.55. The molecule has 88 valence electrons. The summed E-state index contributed by atoms with van der Waals surface area (Å²) in [4.78, 5) is 10.8. The van der Waals surface area contributed by atoms with Gasteiger partial charge in [-0.15, -0.1) is 0 Å². The molecule has 0 atom stereocenters. The number of para-hydroxylation sites is 1.